The maximum atomic E-state index is 6.22. The number of rotatable bonds is 33. The molecule has 0 saturated heterocycles. The van der Waals surface area contributed by atoms with Crippen molar-refractivity contribution in [2.24, 2.45) is 0 Å². The van der Waals surface area contributed by atoms with E-state index in [2.05, 4.69) is 33.8 Å². The molecule has 0 fully saturated rings. The van der Waals surface area contributed by atoms with Crippen LogP contribution in [0.15, 0.2) is 6.07 Å². The number of aryl methyl sites for hydroxylation is 1. The van der Waals surface area contributed by atoms with Crippen LogP contribution < -0.4 is 3.32 Å². The average Bonchev–Trinajstić information content (AvgIpc) is 3.04. The van der Waals surface area contributed by atoms with Crippen molar-refractivity contribution >= 4 is 0 Å². The minimum Gasteiger partial charge on any atom is -0.0654 e. The summed E-state index contributed by atoms with van der Waals surface area (Å²) in [5.74, 6) is 1.22. The molecule has 0 unspecified atom stereocenters. The second-order valence-corrected chi connectivity index (χ2v) is 14.4. The van der Waals surface area contributed by atoms with E-state index in [0.29, 0.717) is 0 Å². The number of unbranched alkanes of at least 4 members (excludes halogenated alkanes) is 24. The predicted octanol–water partition coefficient (Wildman–Crippen LogP) is 14.7. The smallest absolute Gasteiger partial charge is 0.0654 e. The van der Waals surface area contributed by atoms with Crippen molar-refractivity contribution in [1.82, 2.24) is 0 Å². The first-order valence-electron chi connectivity index (χ1n) is 20.2. The second kappa shape index (κ2) is 31.3. The summed E-state index contributed by atoms with van der Waals surface area (Å²) in [5, 5.41) is 0. The van der Waals surface area contributed by atoms with E-state index in [9.17, 15) is 0 Å². The fourth-order valence-corrected chi connectivity index (χ4v) is 7.39. The van der Waals surface area contributed by atoms with E-state index in [-0.39, 0.29) is 0 Å². The second-order valence-electron chi connectivity index (χ2n) is 14.1. The number of hydrogen-bond acceptors (Lipinski definition) is 1. The summed E-state index contributed by atoms with van der Waals surface area (Å²) < 4.78 is 6.22. The SMILES string of the molecule is CCCCCCCCCc1cc([O][Ti])c(CCCCCCCCC)c(CCCCCCCCC)c1CCCCCCCCC. The molecule has 0 spiro atoms. The standard InChI is InChI=1S/C42H78O.Ti/c1-5-9-13-17-21-25-29-33-38-37-42(43)41(36-32-28-24-20-16-12-8-4)40(35-31-27-23-19-15-11-7-3)39(38)34-30-26-22-18-14-10-6-2;/h37,43H,5-36H2,1-4H3;/q;+1/p-1. The zero-order valence-corrected chi connectivity index (χ0v) is 32.2. The van der Waals surface area contributed by atoms with Crippen molar-refractivity contribution in [3.8, 4) is 5.75 Å². The summed E-state index contributed by atoms with van der Waals surface area (Å²) in [7, 11) is 0. The molecule has 1 aromatic rings. The van der Waals surface area contributed by atoms with Gasteiger partial charge in [0.25, 0.3) is 0 Å². The van der Waals surface area contributed by atoms with Gasteiger partial charge >= 0.3 is 264 Å². The molecule has 0 aromatic heterocycles. The van der Waals surface area contributed by atoms with Crippen LogP contribution in [-0.2, 0) is 46.5 Å². The van der Waals surface area contributed by atoms with Gasteiger partial charge in [0.2, 0.25) is 0 Å². The van der Waals surface area contributed by atoms with Crippen LogP contribution in [0.4, 0.5) is 0 Å². The Balaban J connectivity index is 3.08. The van der Waals surface area contributed by atoms with Gasteiger partial charge in [-0.25, -0.2) is 0 Å². The minimum absolute atomic E-state index is 1.21. The minimum atomic E-state index is 1.21. The van der Waals surface area contributed by atoms with Crippen LogP contribution in [0, 0.1) is 0 Å². The fraction of sp³-hybridized carbons (Fsp3) is 0.857. The van der Waals surface area contributed by atoms with E-state index in [1.807, 2.05) is 20.8 Å². The van der Waals surface area contributed by atoms with Gasteiger partial charge in [0.1, 0.15) is 0 Å². The van der Waals surface area contributed by atoms with Gasteiger partial charge in [-0.3, -0.25) is 0 Å². The third-order valence-electron chi connectivity index (χ3n) is 9.97. The van der Waals surface area contributed by atoms with Crippen LogP contribution in [0.3, 0.4) is 0 Å². The molecule has 0 N–H and O–H groups in total. The first-order valence-corrected chi connectivity index (χ1v) is 20.9. The molecule has 255 valence electrons. The van der Waals surface area contributed by atoms with Gasteiger partial charge in [0.05, 0.1) is 0 Å². The monoisotopic (exact) mass is 646 g/mol. The summed E-state index contributed by atoms with van der Waals surface area (Å²) in [6.45, 7) is 9.29. The van der Waals surface area contributed by atoms with Gasteiger partial charge < -0.3 is 0 Å². The number of hydrogen-bond donors (Lipinski definition) is 0. The average molecular weight is 646 g/mol. The molecule has 2 heteroatoms. The summed E-state index contributed by atoms with van der Waals surface area (Å²) in [4.78, 5) is 0. The normalized spacial score (nSPS) is 11.4. The summed E-state index contributed by atoms with van der Waals surface area (Å²) in [6.07, 6.45) is 43.9. The molecule has 44 heavy (non-hydrogen) atoms. The molecule has 1 aromatic carbocycles. The van der Waals surface area contributed by atoms with E-state index in [0.717, 1.165) is 0 Å². The molecule has 0 aliphatic rings. The molecule has 1 nitrogen and oxygen atoms in total. The molecule has 0 saturated carbocycles. The Labute approximate surface area is 290 Å². The Morgan fingerprint density at radius 1 is 0.364 bits per heavy atom. The Bertz CT molecular complexity index is 757. The Hall–Kier alpha value is -0.266. The van der Waals surface area contributed by atoms with Crippen molar-refractivity contribution in [2.45, 2.75) is 233 Å². The van der Waals surface area contributed by atoms with Crippen LogP contribution in [0.5, 0.6) is 5.75 Å². The van der Waals surface area contributed by atoms with Crippen molar-refractivity contribution in [1.29, 1.82) is 0 Å². The van der Waals surface area contributed by atoms with Crippen molar-refractivity contribution < 1.29 is 24.1 Å². The van der Waals surface area contributed by atoms with E-state index in [4.69, 9.17) is 3.32 Å². The van der Waals surface area contributed by atoms with Gasteiger partial charge in [-0.15, -0.1) is 0 Å². The Morgan fingerprint density at radius 2 is 0.659 bits per heavy atom. The first kappa shape index (κ1) is 41.8. The third-order valence-corrected chi connectivity index (χ3v) is 10.3. The van der Waals surface area contributed by atoms with Gasteiger partial charge in [0, 0.05) is 0 Å². The summed E-state index contributed by atoms with van der Waals surface area (Å²) in [5.41, 5.74) is 6.72. The molecule has 1 rings (SSSR count). The number of benzene rings is 1. The van der Waals surface area contributed by atoms with Crippen molar-refractivity contribution in [3.05, 3.63) is 28.3 Å². The van der Waals surface area contributed by atoms with Crippen molar-refractivity contribution in [3.63, 3.8) is 0 Å². The third kappa shape index (κ3) is 20.8. The molecule has 0 radical (unpaired) electrons. The zero-order chi connectivity index (χ0) is 31.9. The zero-order valence-electron chi connectivity index (χ0n) is 30.6. The Morgan fingerprint density at radius 3 is 1.02 bits per heavy atom. The van der Waals surface area contributed by atoms with Gasteiger partial charge in [-0.1, -0.05) is 27.2 Å². The van der Waals surface area contributed by atoms with E-state index >= 15 is 0 Å². The molecule has 0 amide bonds. The van der Waals surface area contributed by atoms with Crippen LogP contribution in [0.2, 0.25) is 0 Å². The first-order chi connectivity index (χ1) is 21.7. The molecule has 0 bridgehead atoms. The van der Waals surface area contributed by atoms with Crippen LogP contribution in [0.1, 0.15) is 230 Å². The summed E-state index contributed by atoms with van der Waals surface area (Å²) in [6, 6.07) is 2.51. The molecule has 0 atom stereocenters. The van der Waals surface area contributed by atoms with E-state index < -0.39 is 0 Å². The summed E-state index contributed by atoms with van der Waals surface area (Å²) >= 11 is 1.94. The molecular formula is C42H77OTi. The topological polar surface area (TPSA) is 9.23 Å². The van der Waals surface area contributed by atoms with Crippen molar-refractivity contribution in [2.75, 3.05) is 0 Å². The van der Waals surface area contributed by atoms with Gasteiger partial charge in [-0.2, -0.15) is 0 Å². The van der Waals surface area contributed by atoms with Crippen LogP contribution >= 0.6 is 0 Å². The fourth-order valence-electron chi connectivity index (χ4n) is 7.11. The quantitative estimate of drug-likeness (QED) is 0.0546. The van der Waals surface area contributed by atoms with Crippen LogP contribution in [-0.4, -0.2) is 0 Å². The van der Waals surface area contributed by atoms with E-state index in [1.54, 1.807) is 22.3 Å². The van der Waals surface area contributed by atoms with Gasteiger partial charge in [-0.05, 0) is 0 Å². The molecule has 0 heterocycles. The van der Waals surface area contributed by atoms with E-state index in [1.165, 1.54) is 211 Å². The Kier molecular flexibility index (Phi) is 29.7. The maximum absolute atomic E-state index is 6.22. The molecular weight excluding hydrogens is 568 g/mol. The van der Waals surface area contributed by atoms with Crippen LogP contribution in [0.25, 0.3) is 0 Å². The molecule has 0 aliphatic heterocycles. The van der Waals surface area contributed by atoms with Gasteiger partial charge in [0.15, 0.2) is 0 Å². The molecule has 0 aliphatic carbocycles. The predicted molar refractivity (Wildman–Crippen MR) is 194 cm³/mol.